The zero-order valence-electron chi connectivity index (χ0n) is 25.8. The van der Waals surface area contributed by atoms with E-state index in [0.29, 0.717) is 52.7 Å². The normalized spacial score (nSPS) is 14.1. The van der Waals surface area contributed by atoms with Crippen LogP contribution in [0.3, 0.4) is 0 Å². The van der Waals surface area contributed by atoms with Crippen molar-refractivity contribution < 1.29 is 19.0 Å². The summed E-state index contributed by atoms with van der Waals surface area (Å²) in [5, 5.41) is 9.59. The van der Waals surface area contributed by atoms with Gasteiger partial charge >= 0.3 is 5.97 Å². The van der Waals surface area contributed by atoms with Crippen LogP contribution in [0.2, 0.25) is 5.02 Å². The second-order valence-electron chi connectivity index (χ2n) is 10.6. The van der Waals surface area contributed by atoms with E-state index in [1.807, 2.05) is 48.5 Å². The van der Waals surface area contributed by atoms with Crippen molar-refractivity contribution in [2.75, 3.05) is 13.7 Å². The first-order valence-corrected chi connectivity index (χ1v) is 16.8. The van der Waals surface area contributed by atoms with Gasteiger partial charge in [-0.15, -0.1) is 0 Å². The van der Waals surface area contributed by atoms with Crippen LogP contribution in [0.1, 0.15) is 40.8 Å². The van der Waals surface area contributed by atoms with Crippen LogP contribution >= 0.6 is 38.9 Å². The molecule has 2 heterocycles. The Bertz CT molecular complexity index is 2260. The molecule has 48 heavy (non-hydrogen) atoms. The van der Waals surface area contributed by atoms with Gasteiger partial charge < -0.3 is 14.2 Å². The van der Waals surface area contributed by atoms with Gasteiger partial charge in [-0.2, -0.15) is 5.26 Å². The third kappa shape index (κ3) is 6.71. The van der Waals surface area contributed by atoms with Gasteiger partial charge in [0.2, 0.25) is 0 Å². The van der Waals surface area contributed by atoms with Crippen molar-refractivity contribution in [3.8, 4) is 17.6 Å². The summed E-state index contributed by atoms with van der Waals surface area (Å²) < 4.78 is 19.9. The van der Waals surface area contributed by atoms with Crippen molar-refractivity contribution in [1.29, 1.82) is 5.26 Å². The zero-order valence-corrected chi connectivity index (χ0v) is 28.9. The smallest absolute Gasteiger partial charge is 0.338 e. The van der Waals surface area contributed by atoms with Crippen LogP contribution < -0.4 is 24.4 Å². The van der Waals surface area contributed by atoms with Crippen LogP contribution in [0, 0.1) is 11.3 Å². The number of nitrogens with zero attached hydrogens (tertiary/aromatic N) is 3. The fourth-order valence-electron chi connectivity index (χ4n) is 5.35. The van der Waals surface area contributed by atoms with E-state index in [4.69, 9.17) is 36.1 Å². The number of carbonyl (C=O) groups is 1. The summed E-state index contributed by atoms with van der Waals surface area (Å²) in [4.78, 5) is 33.2. The maximum atomic E-state index is 14.2. The molecule has 1 aromatic heterocycles. The quantitative estimate of drug-likeness (QED) is 0.154. The molecule has 5 aromatic rings. The Labute approximate surface area is 293 Å². The van der Waals surface area contributed by atoms with Crippen molar-refractivity contribution >= 4 is 56.6 Å². The van der Waals surface area contributed by atoms with Gasteiger partial charge in [-0.05, 0) is 82.0 Å². The van der Waals surface area contributed by atoms with Gasteiger partial charge in [0.25, 0.3) is 5.56 Å². The summed E-state index contributed by atoms with van der Waals surface area (Å²) in [5.74, 6) is 0.404. The number of hydrogen-bond acceptors (Lipinski definition) is 8. The number of fused-ring (bicyclic) bond motifs is 1. The Balaban J connectivity index is 1.47. The first-order valence-electron chi connectivity index (χ1n) is 14.8. The standard InChI is InChI=1S/C37H27BrClN3O5S/c1-3-46-36(44)31-32(25-7-5-4-6-8-25)41-37-42(33(31)26-13-15-27(39)16-14-26)35(43)30(48-37)19-24-17-28(38)34(29(18-24)45-2)47-21-23-11-9-22(20-40)10-12-23/h4-19,33H,3,21H2,1-2H3/b30-19-/t33-/m1/s1. The number of thiazole rings is 1. The molecule has 240 valence electrons. The van der Waals surface area contributed by atoms with Crippen LogP contribution in [-0.2, 0) is 16.1 Å². The number of aromatic nitrogens is 1. The lowest BCUT2D eigenvalue weighted by Gasteiger charge is -2.25. The van der Waals surface area contributed by atoms with E-state index in [2.05, 4.69) is 22.0 Å². The first kappa shape index (κ1) is 33.0. The van der Waals surface area contributed by atoms with Crippen LogP contribution in [0.4, 0.5) is 0 Å². The largest absolute Gasteiger partial charge is 0.493 e. The maximum absolute atomic E-state index is 14.2. The summed E-state index contributed by atoms with van der Waals surface area (Å²) in [6, 6.07) is 28.5. The van der Waals surface area contributed by atoms with E-state index in [9.17, 15) is 9.59 Å². The lowest BCUT2D eigenvalue weighted by atomic mass is 9.93. The minimum absolute atomic E-state index is 0.159. The predicted octanol–water partition coefficient (Wildman–Crippen LogP) is 6.81. The lowest BCUT2D eigenvalue weighted by Crippen LogP contribution is -2.40. The molecular weight excluding hydrogens is 714 g/mol. The molecular formula is C37H27BrClN3O5S. The Morgan fingerprint density at radius 1 is 1.08 bits per heavy atom. The number of halogens is 2. The number of rotatable bonds is 9. The summed E-state index contributed by atoms with van der Waals surface area (Å²) in [6.07, 6.45) is 1.76. The summed E-state index contributed by atoms with van der Waals surface area (Å²) in [5.41, 5.74) is 3.94. The number of esters is 1. The molecule has 0 amide bonds. The first-order chi connectivity index (χ1) is 23.3. The molecule has 4 aromatic carbocycles. The van der Waals surface area contributed by atoms with Crippen LogP contribution in [0.25, 0.3) is 11.8 Å². The van der Waals surface area contributed by atoms with Crippen LogP contribution in [-0.4, -0.2) is 24.3 Å². The highest BCUT2D eigenvalue weighted by Crippen LogP contribution is 2.38. The summed E-state index contributed by atoms with van der Waals surface area (Å²) in [7, 11) is 1.54. The van der Waals surface area contributed by atoms with E-state index in [1.54, 1.807) is 67.1 Å². The molecule has 0 spiro atoms. The molecule has 0 bridgehead atoms. The number of ether oxygens (including phenoxy) is 3. The van der Waals surface area contributed by atoms with Crippen molar-refractivity contribution in [2.45, 2.75) is 19.6 Å². The molecule has 0 unspecified atom stereocenters. The van der Waals surface area contributed by atoms with Crippen molar-refractivity contribution in [2.24, 2.45) is 4.99 Å². The minimum atomic E-state index is -0.811. The predicted molar refractivity (Wildman–Crippen MR) is 189 cm³/mol. The van der Waals surface area contributed by atoms with Gasteiger partial charge in [0.1, 0.15) is 6.61 Å². The van der Waals surface area contributed by atoms with Gasteiger partial charge in [0.15, 0.2) is 16.3 Å². The fourth-order valence-corrected chi connectivity index (χ4v) is 7.05. The van der Waals surface area contributed by atoms with Gasteiger partial charge in [-0.1, -0.05) is 77.5 Å². The number of methoxy groups -OCH3 is 1. The average Bonchev–Trinajstić information content (AvgIpc) is 3.41. The molecule has 6 rings (SSSR count). The average molecular weight is 741 g/mol. The number of carbonyl (C=O) groups excluding carboxylic acids is 1. The van der Waals surface area contributed by atoms with Crippen molar-refractivity contribution in [3.63, 3.8) is 0 Å². The van der Waals surface area contributed by atoms with Gasteiger partial charge in [0.05, 0.1) is 51.7 Å². The van der Waals surface area contributed by atoms with E-state index in [1.165, 1.54) is 11.3 Å². The molecule has 8 nitrogen and oxygen atoms in total. The Morgan fingerprint density at radius 3 is 2.48 bits per heavy atom. The molecule has 1 aliphatic heterocycles. The SMILES string of the molecule is CCOC(=O)C1=C(c2ccccc2)N=c2s/c(=C\c3cc(Br)c(OCc4ccc(C#N)cc4)c(OC)c3)c(=O)n2[C@@H]1c1ccc(Cl)cc1. The van der Waals surface area contributed by atoms with E-state index in [-0.39, 0.29) is 24.3 Å². The molecule has 0 aliphatic carbocycles. The Kier molecular flexibility index (Phi) is 9.92. The summed E-state index contributed by atoms with van der Waals surface area (Å²) in [6.45, 7) is 2.16. The topological polar surface area (TPSA) is 103 Å². The van der Waals surface area contributed by atoms with E-state index >= 15 is 0 Å². The Hall–Kier alpha value is -4.95. The molecule has 0 fully saturated rings. The molecule has 0 N–H and O–H groups in total. The second kappa shape index (κ2) is 14.4. The van der Waals surface area contributed by atoms with Crippen molar-refractivity contribution in [3.05, 3.63) is 154 Å². The van der Waals surface area contributed by atoms with Crippen LogP contribution in [0.5, 0.6) is 11.5 Å². The highest BCUT2D eigenvalue weighted by molar-refractivity contribution is 9.10. The number of nitriles is 1. The third-order valence-electron chi connectivity index (χ3n) is 7.58. The Morgan fingerprint density at radius 2 is 1.81 bits per heavy atom. The maximum Gasteiger partial charge on any atom is 0.338 e. The van der Waals surface area contributed by atoms with E-state index < -0.39 is 12.0 Å². The summed E-state index contributed by atoms with van der Waals surface area (Å²) >= 11 is 11.1. The second-order valence-corrected chi connectivity index (χ2v) is 12.9. The number of benzene rings is 4. The number of hydrogen-bond donors (Lipinski definition) is 0. The molecule has 0 radical (unpaired) electrons. The monoisotopic (exact) mass is 739 g/mol. The lowest BCUT2D eigenvalue weighted by molar-refractivity contribution is -0.138. The molecule has 11 heteroatoms. The molecule has 1 aliphatic rings. The highest BCUT2D eigenvalue weighted by atomic mass is 79.9. The van der Waals surface area contributed by atoms with Crippen LogP contribution in [0.15, 0.2) is 111 Å². The minimum Gasteiger partial charge on any atom is -0.493 e. The highest BCUT2D eigenvalue weighted by Gasteiger charge is 2.35. The molecule has 1 atom stereocenters. The van der Waals surface area contributed by atoms with Gasteiger partial charge in [-0.25, -0.2) is 9.79 Å². The molecule has 0 saturated heterocycles. The third-order valence-corrected chi connectivity index (χ3v) is 9.40. The molecule has 0 saturated carbocycles. The van der Waals surface area contributed by atoms with E-state index in [0.717, 1.165) is 11.1 Å². The zero-order chi connectivity index (χ0) is 33.8. The van der Waals surface area contributed by atoms with Gasteiger partial charge in [-0.3, -0.25) is 9.36 Å². The van der Waals surface area contributed by atoms with Crippen molar-refractivity contribution in [1.82, 2.24) is 4.57 Å². The fraction of sp³-hybridized carbons (Fsp3) is 0.135. The van der Waals surface area contributed by atoms with Gasteiger partial charge in [0, 0.05) is 10.6 Å².